The minimum absolute atomic E-state index is 0.759. The van der Waals surface area contributed by atoms with Crippen molar-refractivity contribution in [3.05, 3.63) is 54.4 Å². The van der Waals surface area contributed by atoms with Gasteiger partial charge in [0.25, 0.3) is 0 Å². The molecule has 108 valence electrons. The van der Waals surface area contributed by atoms with Gasteiger partial charge in [0.05, 0.1) is 31.6 Å². The average Bonchev–Trinajstić information content (AvgIpc) is 2.96. The van der Waals surface area contributed by atoms with E-state index in [4.69, 9.17) is 9.47 Å². The van der Waals surface area contributed by atoms with Crippen LogP contribution in [0.5, 0.6) is 11.5 Å². The number of rotatable bonds is 5. The summed E-state index contributed by atoms with van der Waals surface area (Å²) in [4.78, 5) is 4.41. The van der Waals surface area contributed by atoms with Crippen LogP contribution in [-0.2, 0) is 13.0 Å². The highest BCUT2D eigenvalue weighted by Crippen LogP contribution is 2.27. The molecule has 0 N–H and O–H groups in total. The minimum atomic E-state index is 0.759. The highest BCUT2D eigenvalue weighted by molar-refractivity contribution is 5.74. The van der Waals surface area contributed by atoms with E-state index in [1.165, 1.54) is 5.56 Å². The summed E-state index contributed by atoms with van der Waals surface area (Å²) in [7, 11) is 3.31. The van der Waals surface area contributed by atoms with Gasteiger partial charge in [-0.15, -0.1) is 0 Å². The van der Waals surface area contributed by atoms with E-state index in [1.807, 2.05) is 36.7 Å². The third kappa shape index (κ3) is 2.70. The summed E-state index contributed by atoms with van der Waals surface area (Å²) in [5.74, 6) is 1.53. The molecule has 21 heavy (non-hydrogen) atoms. The lowest BCUT2D eigenvalue weighted by atomic mass is 10.1. The number of aryl methyl sites for hydroxylation is 2. The number of benzene rings is 2. The molecule has 0 aliphatic carbocycles. The van der Waals surface area contributed by atoms with E-state index in [0.29, 0.717) is 0 Å². The van der Waals surface area contributed by atoms with E-state index in [2.05, 4.69) is 21.7 Å². The first-order valence-electron chi connectivity index (χ1n) is 6.92. The van der Waals surface area contributed by atoms with Gasteiger partial charge >= 0.3 is 0 Å². The lowest BCUT2D eigenvalue weighted by Gasteiger charge is -2.10. The number of imidazole rings is 1. The van der Waals surface area contributed by atoms with Gasteiger partial charge < -0.3 is 14.0 Å². The Morgan fingerprint density at radius 1 is 1.00 bits per heavy atom. The molecule has 0 saturated carbocycles. The maximum Gasteiger partial charge on any atom is 0.160 e. The van der Waals surface area contributed by atoms with Gasteiger partial charge in [-0.1, -0.05) is 18.2 Å². The van der Waals surface area contributed by atoms with Crippen LogP contribution in [0.4, 0.5) is 0 Å². The predicted octanol–water partition coefficient (Wildman–Crippen LogP) is 3.30. The van der Waals surface area contributed by atoms with E-state index >= 15 is 0 Å². The van der Waals surface area contributed by atoms with Crippen molar-refractivity contribution < 1.29 is 9.47 Å². The number of fused-ring (bicyclic) bond motifs is 1. The van der Waals surface area contributed by atoms with Gasteiger partial charge in [0.15, 0.2) is 11.5 Å². The normalized spacial score (nSPS) is 10.8. The molecule has 1 heterocycles. The van der Waals surface area contributed by atoms with Crippen molar-refractivity contribution in [3.8, 4) is 11.5 Å². The number of para-hydroxylation sites is 2. The van der Waals surface area contributed by atoms with Crippen molar-refractivity contribution in [3.63, 3.8) is 0 Å². The molecule has 0 radical (unpaired) electrons. The SMILES string of the molecule is COc1ccc(CCn2cnc3ccccc32)cc1OC. The molecule has 0 unspecified atom stereocenters. The fraction of sp³-hybridized carbons (Fsp3) is 0.235. The van der Waals surface area contributed by atoms with Gasteiger partial charge in [-0.25, -0.2) is 4.98 Å². The molecule has 4 heteroatoms. The first-order chi connectivity index (χ1) is 10.3. The van der Waals surface area contributed by atoms with Gasteiger partial charge in [0, 0.05) is 6.54 Å². The van der Waals surface area contributed by atoms with E-state index in [9.17, 15) is 0 Å². The molecule has 0 amide bonds. The largest absolute Gasteiger partial charge is 0.493 e. The first-order valence-corrected chi connectivity index (χ1v) is 6.92. The van der Waals surface area contributed by atoms with E-state index < -0.39 is 0 Å². The summed E-state index contributed by atoms with van der Waals surface area (Å²) >= 11 is 0. The fourth-order valence-electron chi connectivity index (χ4n) is 2.47. The molecule has 2 aromatic carbocycles. The zero-order valence-corrected chi connectivity index (χ0v) is 12.2. The molecule has 0 spiro atoms. The van der Waals surface area contributed by atoms with Crippen molar-refractivity contribution in [1.29, 1.82) is 0 Å². The van der Waals surface area contributed by atoms with E-state index in [-0.39, 0.29) is 0 Å². The van der Waals surface area contributed by atoms with Crippen molar-refractivity contribution in [1.82, 2.24) is 9.55 Å². The van der Waals surface area contributed by atoms with Gasteiger partial charge in [-0.2, -0.15) is 0 Å². The van der Waals surface area contributed by atoms with E-state index in [0.717, 1.165) is 35.5 Å². The average molecular weight is 282 g/mol. The number of hydrogen-bond donors (Lipinski definition) is 0. The monoisotopic (exact) mass is 282 g/mol. The molecular formula is C17H18N2O2. The maximum atomic E-state index is 5.34. The van der Waals surface area contributed by atoms with Crippen molar-refractivity contribution in [2.24, 2.45) is 0 Å². The Bertz CT molecular complexity index is 749. The van der Waals surface area contributed by atoms with Crippen LogP contribution in [0.25, 0.3) is 11.0 Å². The Morgan fingerprint density at radius 2 is 1.81 bits per heavy atom. The van der Waals surface area contributed by atoms with Gasteiger partial charge in [-0.05, 0) is 36.2 Å². The van der Waals surface area contributed by atoms with Crippen LogP contribution in [0.3, 0.4) is 0 Å². The Kier molecular flexibility index (Phi) is 3.77. The van der Waals surface area contributed by atoms with Gasteiger partial charge in [-0.3, -0.25) is 0 Å². The molecule has 4 nitrogen and oxygen atoms in total. The van der Waals surface area contributed by atoms with E-state index in [1.54, 1.807) is 14.2 Å². The number of ether oxygens (including phenoxy) is 2. The molecule has 0 aliphatic rings. The number of nitrogens with zero attached hydrogens (tertiary/aromatic N) is 2. The summed E-state index contributed by atoms with van der Waals surface area (Å²) in [5.41, 5.74) is 3.41. The van der Waals surface area contributed by atoms with Crippen LogP contribution < -0.4 is 9.47 Å². The second-order valence-electron chi connectivity index (χ2n) is 4.87. The number of methoxy groups -OCH3 is 2. The third-order valence-corrected chi connectivity index (χ3v) is 3.62. The molecule has 0 bridgehead atoms. The summed E-state index contributed by atoms with van der Waals surface area (Å²) < 4.78 is 12.8. The number of hydrogen-bond acceptors (Lipinski definition) is 3. The topological polar surface area (TPSA) is 36.3 Å². The smallest absolute Gasteiger partial charge is 0.160 e. The summed E-state index contributed by atoms with van der Waals surface area (Å²) in [5, 5.41) is 0. The van der Waals surface area contributed by atoms with Crippen LogP contribution in [0, 0.1) is 0 Å². The standard InChI is InChI=1S/C17H18N2O2/c1-20-16-8-7-13(11-17(16)21-2)9-10-19-12-18-14-5-3-4-6-15(14)19/h3-8,11-12H,9-10H2,1-2H3. The third-order valence-electron chi connectivity index (χ3n) is 3.62. The van der Waals surface area contributed by atoms with Crippen LogP contribution in [-0.4, -0.2) is 23.8 Å². The zero-order valence-electron chi connectivity index (χ0n) is 12.2. The van der Waals surface area contributed by atoms with Gasteiger partial charge in [0.2, 0.25) is 0 Å². The van der Waals surface area contributed by atoms with Crippen LogP contribution in [0.2, 0.25) is 0 Å². The summed E-state index contributed by atoms with van der Waals surface area (Å²) in [6.07, 6.45) is 2.81. The molecule has 1 aromatic heterocycles. The number of aromatic nitrogens is 2. The van der Waals surface area contributed by atoms with Crippen LogP contribution in [0.15, 0.2) is 48.8 Å². The molecule has 3 aromatic rings. The second-order valence-corrected chi connectivity index (χ2v) is 4.87. The van der Waals surface area contributed by atoms with Crippen LogP contribution in [0.1, 0.15) is 5.56 Å². The lowest BCUT2D eigenvalue weighted by Crippen LogP contribution is -2.00. The zero-order chi connectivity index (χ0) is 14.7. The second kappa shape index (κ2) is 5.87. The highest BCUT2D eigenvalue weighted by atomic mass is 16.5. The highest BCUT2D eigenvalue weighted by Gasteiger charge is 2.06. The molecule has 0 aliphatic heterocycles. The fourth-order valence-corrected chi connectivity index (χ4v) is 2.47. The Labute approximate surface area is 123 Å². The first kappa shape index (κ1) is 13.5. The molecule has 0 fully saturated rings. The van der Waals surface area contributed by atoms with Crippen LogP contribution >= 0.6 is 0 Å². The maximum absolute atomic E-state index is 5.34. The molecule has 3 rings (SSSR count). The van der Waals surface area contributed by atoms with Crippen molar-refractivity contribution in [2.45, 2.75) is 13.0 Å². The van der Waals surface area contributed by atoms with Crippen molar-refractivity contribution >= 4 is 11.0 Å². The lowest BCUT2D eigenvalue weighted by molar-refractivity contribution is 0.354. The Balaban J connectivity index is 1.78. The minimum Gasteiger partial charge on any atom is -0.493 e. The predicted molar refractivity (Wildman–Crippen MR) is 83.0 cm³/mol. The van der Waals surface area contributed by atoms with Gasteiger partial charge in [0.1, 0.15) is 0 Å². The molecule has 0 atom stereocenters. The molecular weight excluding hydrogens is 264 g/mol. The Morgan fingerprint density at radius 3 is 2.62 bits per heavy atom. The summed E-state index contributed by atoms with van der Waals surface area (Å²) in [6.45, 7) is 0.885. The summed E-state index contributed by atoms with van der Waals surface area (Å²) in [6, 6.07) is 14.2. The molecule has 0 saturated heterocycles. The quantitative estimate of drug-likeness (QED) is 0.720. The van der Waals surface area contributed by atoms with Crippen molar-refractivity contribution in [2.75, 3.05) is 14.2 Å². The Hall–Kier alpha value is -2.49.